The third kappa shape index (κ3) is 3.16. The van der Waals surface area contributed by atoms with Gasteiger partial charge < -0.3 is 15.0 Å². The second-order valence-corrected chi connectivity index (χ2v) is 4.93. The number of amides is 1. The van der Waals surface area contributed by atoms with E-state index in [9.17, 15) is 14.0 Å². The quantitative estimate of drug-likeness (QED) is 0.853. The standard InChI is InChI=1S/C16H17FN2O3/c1-9-13(16(21)22-3)10(2)19-14(9)15(20)18-8-11-5-4-6-12(17)7-11/h4-7,19H,8H2,1-3H3,(H,18,20). The number of methoxy groups -OCH3 is 1. The number of hydrogen-bond acceptors (Lipinski definition) is 3. The first-order chi connectivity index (χ1) is 10.4. The summed E-state index contributed by atoms with van der Waals surface area (Å²) in [6.45, 7) is 3.57. The van der Waals surface area contributed by atoms with Crippen molar-refractivity contribution in [2.45, 2.75) is 20.4 Å². The normalized spacial score (nSPS) is 10.4. The maximum absolute atomic E-state index is 13.1. The molecular formula is C16H17FN2O3. The van der Waals surface area contributed by atoms with Crippen LogP contribution in [0.25, 0.3) is 0 Å². The Kier molecular flexibility index (Phi) is 4.60. The molecular weight excluding hydrogens is 287 g/mol. The highest BCUT2D eigenvalue weighted by Crippen LogP contribution is 2.18. The Balaban J connectivity index is 2.15. The molecule has 0 aliphatic carbocycles. The molecule has 2 rings (SSSR count). The molecule has 22 heavy (non-hydrogen) atoms. The first-order valence-electron chi connectivity index (χ1n) is 6.74. The second kappa shape index (κ2) is 6.43. The molecule has 6 heteroatoms. The monoisotopic (exact) mass is 304 g/mol. The van der Waals surface area contributed by atoms with E-state index in [4.69, 9.17) is 4.74 Å². The minimum atomic E-state index is -0.490. The highest BCUT2D eigenvalue weighted by atomic mass is 19.1. The molecule has 0 saturated carbocycles. The van der Waals surface area contributed by atoms with E-state index in [1.165, 1.54) is 19.2 Å². The van der Waals surface area contributed by atoms with Gasteiger partial charge in [0.15, 0.2) is 0 Å². The van der Waals surface area contributed by atoms with E-state index >= 15 is 0 Å². The zero-order valence-electron chi connectivity index (χ0n) is 12.6. The van der Waals surface area contributed by atoms with Crippen LogP contribution in [0.15, 0.2) is 24.3 Å². The van der Waals surface area contributed by atoms with Gasteiger partial charge in [0.2, 0.25) is 0 Å². The fraction of sp³-hybridized carbons (Fsp3) is 0.250. The minimum Gasteiger partial charge on any atom is -0.465 e. The number of halogens is 1. The van der Waals surface area contributed by atoms with Crippen molar-refractivity contribution in [1.29, 1.82) is 0 Å². The molecule has 0 saturated heterocycles. The van der Waals surface area contributed by atoms with Crippen LogP contribution in [0.4, 0.5) is 4.39 Å². The van der Waals surface area contributed by atoms with E-state index in [0.29, 0.717) is 28.1 Å². The van der Waals surface area contributed by atoms with Crippen LogP contribution in [0.2, 0.25) is 0 Å². The third-order valence-electron chi connectivity index (χ3n) is 3.40. The number of carbonyl (C=O) groups excluding carboxylic acids is 2. The highest BCUT2D eigenvalue weighted by molar-refractivity contribution is 6.00. The number of aromatic nitrogens is 1. The molecule has 0 unspecified atom stereocenters. The molecule has 2 N–H and O–H groups in total. The van der Waals surface area contributed by atoms with E-state index in [2.05, 4.69) is 10.3 Å². The number of H-pyrrole nitrogens is 1. The number of carbonyl (C=O) groups is 2. The van der Waals surface area contributed by atoms with Crippen molar-refractivity contribution in [2.75, 3.05) is 7.11 Å². The van der Waals surface area contributed by atoms with Crippen molar-refractivity contribution in [1.82, 2.24) is 10.3 Å². The molecule has 1 amide bonds. The van der Waals surface area contributed by atoms with Crippen molar-refractivity contribution in [2.24, 2.45) is 0 Å². The zero-order chi connectivity index (χ0) is 16.3. The molecule has 1 aromatic carbocycles. The summed E-state index contributed by atoms with van der Waals surface area (Å²) in [5.74, 6) is -1.21. The molecule has 0 bridgehead atoms. The molecule has 0 atom stereocenters. The van der Waals surface area contributed by atoms with Crippen LogP contribution < -0.4 is 5.32 Å². The average Bonchev–Trinajstić information content (AvgIpc) is 2.79. The number of hydrogen-bond donors (Lipinski definition) is 2. The predicted molar refractivity (Wildman–Crippen MR) is 79.2 cm³/mol. The highest BCUT2D eigenvalue weighted by Gasteiger charge is 2.22. The Morgan fingerprint density at radius 3 is 2.68 bits per heavy atom. The van der Waals surface area contributed by atoms with Gasteiger partial charge in [-0.15, -0.1) is 0 Å². The van der Waals surface area contributed by atoms with E-state index < -0.39 is 5.97 Å². The van der Waals surface area contributed by atoms with Gasteiger partial charge in [0, 0.05) is 12.2 Å². The van der Waals surface area contributed by atoms with Gasteiger partial charge in [-0.25, -0.2) is 9.18 Å². The zero-order valence-corrected chi connectivity index (χ0v) is 12.6. The van der Waals surface area contributed by atoms with Gasteiger partial charge in [0.25, 0.3) is 5.91 Å². The Morgan fingerprint density at radius 1 is 1.32 bits per heavy atom. The first kappa shape index (κ1) is 15.8. The van der Waals surface area contributed by atoms with Gasteiger partial charge in [-0.1, -0.05) is 12.1 Å². The number of aromatic amines is 1. The number of benzene rings is 1. The summed E-state index contributed by atoms with van der Waals surface area (Å²) in [5, 5.41) is 2.69. The largest absolute Gasteiger partial charge is 0.465 e. The average molecular weight is 304 g/mol. The Hall–Kier alpha value is -2.63. The topological polar surface area (TPSA) is 71.2 Å². The van der Waals surface area contributed by atoms with Gasteiger partial charge in [-0.2, -0.15) is 0 Å². The van der Waals surface area contributed by atoms with Crippen LogP contribution in [0.1, 0.15) is 37.7 Å². The summed E-state index contributed by atoms with van der Waals surface area (Å²) in [4.78, 5) is 26.8. The molecule has 0 spiro atoms. The fourth-order valence-corrected chi connectivity index (χ4v) is 2.30. The lowest BCUT2D eigenvalue weighted by Gasteiger charge is -2.05. The number of aryl methyl sites for hydroxylation is 1. The maximum atomic E-state index is 13.1. The number of rotatable bonds is 4. The van der Waals surface area contributed by atoms with Gasteiger partial charge in [-0.05, 0) is 37.1 Å². The number of nitrogens with one attached hydrogen (secondary N) is 2. The lowest BCUT2D eigenvalue weighted by Crippen LogP contribution is -2.24. The van der Waals surface area contributed by atoms with Crippen LogP contribution in [-0.2, 0) is 11.3 Å². The van der Waals surface area contributed by atoms with Crippen LogP contribution in [0.5, 0.6) is 0 Å². The van der Waals surface area contributed by atoms with Crippen molar-refractivity contribution < 1.29 is 18.7 Å². The van der Waals surface area contributed by atoms with E-state index in [1.54, 1.807) is 26.0 Å². The van der Waals surface area contributed by atoms with Gasteiger partial charge in [-0.3, -0.25) is 4.79 Å². The molecule has 2 aromatic rings. The summed E-state index contributed by atoms with van der Waals surface area (Å²) in [7, 11) is 1.29. The van der Waals surface area contributed by atoms with Gasteiger partial charge in [0.1, 0.15) is 11.5 Å². The Morgan fingerprint density at radius 2 is 2.05 bits per heavy atom. The maximum Gasteiger partial charge on any atom is 0.339 e. The summed E-state index contributed by atoms with van der Waals surface area (Å²) in [6, 6.07) is 5.99. The van der Waals surface area contributed by atoms with Crippen LogP contribution in [0.3, 0.4) is 0 Å². The molecule has 0 aliphatic heterocycles. The Bertz CT molecular complexity index is 722. The summed E-state index contributed by atoms with van der Waals surface area (Å²) >= 11 is 0. The summed E-state index contributed by atoms with van der Waals surface area (Å²) in [6.07, 6.45) is 0. The molecule has 0 radical (unpaired) electrons. The predicted octanol–water partition coefficient (Wildman–Crippen LogP) is 2.49. The fourth-order valence-electron chi connectivity index (χ4n) is 2.30. The lowest BCUT2D eigenvalue weighted by atomic mass is 10.1. The van der Waals surface area contributed by atoms with Crippen molar-refractivity contribution >= 4 is 11.9 Å². The third-order valence-corrected chi connectivity index (χ3v) is 3.40. The number of ether oxygens (including phenoxy) is 1. The molecule has 0 fully saturated rings. The van der Waals surface area contributed by atoms with Crippen LogP contribution in [0, 0.1) is 19.7 Å². The minimum absolute atomic E-state index is 0.196. The van der Waals surface area contributed by atoms with Gasteiger partial charge >= 0.3 is 5.97 Å². The van der Waals surface area contributed by atoms with E-state index in [1.807, 2.05) is 0 Å². The molecule has 1 heterocycles. The molecule has 5 nitrogen and oxygen atoms in total. The number of esters is 1. The van der Waals surface area contributed by atoms with Crippen LogP contribution >= 0.6 is 0 Å². The molecule has 116 valence electrons. The summed E-state index contributed by atoms with van der Waals surface area (Å²) in [5.41, 5.74) is 2.41. The summed E-state index contributed by atoms with van der Waals surface area (Å²) < 4.78 is 17.8. The van der Waals surface area contributed by atoms with Crippen molar-refractivity contribution in [3.8, 4) is 0 Å². The Labute approximate surface area is 127 Å². The molecule has 0 aliphatic rings. The van der Waals surface area contributed by atoms with Crippen molar-refractivity contribution in [3.05, 3.63) is 58.2 Å². The first-order valence-corrected chi connectivity index (χ1v) is 6.74. The molecule has 1 aromatic heterocycles. The second-order valence-electron chi connectivity index (χ2n) is 4.93. The van der Waals surface area contributed by atoms with Crippen molar-refractivity contribution in [3.63, 3.8) is 0 Å². The van der Waals surface area contributed by atoms with E-state index in [-0.39, 0.29) is 18.3 Å². The van der Waals surface area contributed by atoms with Crippen LogP contribution in [-0.4, -0.2) is 24.0 Å². The van der Waals surface area contributed by atoms with E-state index in [0.717, 1.165) is 0 Å². The lowest BCUT2D eigenvalue weighted by molar-refractivity contribution is 0.0599. The SMILES string of the molecule is COC(=O)c1c(C)[nH]c(C(=O)NCc2cccc(F)c2)c1C. The smallest absolute Gasteiger partial charge is 0.339 e. The van der Waals surface area contributed by atoms with Gasteiger partial charge in [0.05, 0.1) is 12.7 Å².